The van der Waals surface area contributed by atoms with Gasteiger partial charge in [-0.05, 0) is 41.0 Å². The van der Waals surface area contributed by atoms with Gasteiger partial charge in [0.25, 0.3) is 0 Å². The van der Waals surface area contributed by atoms with Crippen molar-refractivity contribution in [3.63, 3.8) is 0 Å². The molecule has 0 saturated carbocycles. The summed E-state index contributed by atoms with van der Waals surface area (Å²) < 4.78 is 5.43. The fourth-order valence-corrected chi connectivity index (χ4v) is 2.60. The number of carbonyl (C=O) groups excluding carboxylic acids is 1. The molecule has 2 heterocycles. The van der Waals surface area contributed by atoms with Crippen LogP contribution in [0.2, 0.25) is 0 Å². The Labute approximate surface area is 109 Å². The van der Waals surface area contributed by atoms with Crippen molar-refractivity contribution < 1.29 is 9.53 Å². The Hall–Kier alpha value is -0.810. The van der Waals surface area contributed by atoms with E-state index in [1.807, 2.05) is 20.8 Å². The second kappa shape index (κ2) is 4.38. The van der Waals surface area contributed by atoms with Gasteiger partial charge in [0.2, 0.25) is 0 Å². The van der Waals surface area contributed by atoms with Crippen molar-refractivity contribution in [3.05, 3.63) is 0 Å². The van der Waals surface area contributed by atoms with E-state index in [9.17, 15) is 4.79 Å². The molecule has 2 rings (SSSR count). The summed E-state index contributed by atoms with van der Waals surface area (Å²) in [6, 6.07) is 0.533. The van der Waals surface area contributed by atoms with E-state index in [0.29, 0.717) is 6.04 Å². The summed E-state index contributed by atoms with van der Waals surface area (Å²) in [4.78, 5) is 14.5. The fraction of sp³-hybridized carbons (Fsp3) is 0.923. The molecule has 1 amide bonds. The maximum atomic E-state index is 12.1. The molecule has 104 valence electrons. The molecular weight excluding hydrogens is 230 g/mol. The summed E-state index contributed by atoms with van der Waals surface area (Å²) in [5.74, 6) is 0. The summed E-state index contributed by atoms with van der Waals surface area (Å²) in [5, 5.41) is 1.70. The van der Waals surface area contributed by atoms with E-state index in [0.717, 1.165) is 26.1 Å². The predicted molar refractivity (Wildman–Crippen MR) is 70.1 cm³/mol. The lowest BCUT2D eigenvalue weighted by Crippen LogP contribution is -2.75. The Morgan fingerprint density at radius 2 is 2.06 bits per heavy atom. The van der Waals surface area contributed by atoms with E-state index >= 15 is 0 Å². The quantitative estimate of drug-likeness (QED) is 0.773. The molecule has 5 heteroatoms. The number of rotatable bonds is 1. The van der Waals surface area contributed by atoms with Crippen molar-refractivity contribution in [1.29, 1.82) is 0 Å². The van der Waals surface area contributed by atoms with Gasteiger partial charge in [-0.1, -0.05) is 0 Å². The van der Waals surface area contributed by atoms with Gasteiger partial charge < -0.3 is 4.74 Å². The van der Waals surface area contributed by atoms with E-state index in [-0.39, 0.29) is 11.6 Å². The van der Waals surface area contributed by atoms with Crippen LogP contribution in [0.1, 0.15) is 41.0 Å². The second-order valence-corrected chi connectivity index (χ2v) is 6.69. The van der Waals surface area contributed by atoms with Gasteiger partial charge in [0.1, 0.15) is 5.60 Å². The molecule has 0 bridgehead atoms. The van der Waals surface area contributed by atoms with Gasteiger partial charge in [0, 0.05) is 25.7 Å². The number of hydrogen-bond acceptors (Lipinski definition) is 4. The van der Waals surface area contributed by atoms with Crippen LogP contribution in [-0.2, 0) is 4.74 Å². The monoisotopic (exact) mass is 255 g/mol. The SMILES string of the molecule is CC(C)N1CCC2(CNN2C(=O)OC(C)(C)C)C1. The first-order valence-electron chi connectivity index (χ1n) is 6.74. The van der Waals surface area contributed by atoms with Gasteiger partial charge in [0.15, 0.2) is 0 Å². The Morgan fingerprint density at radius 3 is 2.44 bits per heavy atom. The zero-order valence-electron chi connectivity index (χ0n) is 12.1. The number of hydrogen-bond donors (Lipinski definition) is 1. The summed E-state index contributed by atoms with van der Waals surface area (Å²) in [6.07, 6.45) is 0.775. The molecule has 1 atom stereocenters. The molecule has 0 aliphatic carbocycles. The molecule has 2 saturated heterocycles. The van der Waals surface area contributed by atoms with Gasteiger partial charge in [-0.2, -0.15) is 0 Å². The topological polar surface area (TPSA) is 44.8 Å². The van der Waals surface area contributed by atoms with E-state index in [4.69, 9.17) is 4.74 Å². The van der Waals surface area contributed by atoms with Crippen LogP contribution in [0.5, 0.6) is 0 Å². The van der Waals surface area contributed by atoms with Crippen molar-refractivity contribution in [2.75, 3.05) is 19.6 Å². The maximum absolute atomic E-state index is 12.1. The van der Waals surface area contributed by atoms with Crippen LogP contribution in [0, 0.1) is 0 Å². The molecular formula is C13H25N3O2. The predicted octanol–water partition coefficient (Wildman–Crippen LogP) is 1.59. The van der Waals surface area contributed by atoms with Crippen molar-refractivity contribution in [1.82, 2.24) is 15.3 Å². The minimum Gasteiger partial charge on any atom is -0.443 e. The van der Waals surface area contributed by atoms with Gasteiger partial charge >= 0.3 is 6.09 Å². The van der Waals surface area contributed by atoms with Gasteiger partial charge in [0.05, 0.1) is 5.54 Å². The molecule has 0 aromatic heterocycles. The van der Waals surface area contributed by atoms with E-state index in [1.54, 1.807) is 5.01 Å². The van der Waals surface area contributed by atoms with Crippen molar-refractivity contribution >= 4 is 6.09 Å². The van der Waals surface area contributed by atoms with Gasteiger partial charge in [-0.3, -0.25) is 4.90 Å². The summed E-state index contributed by atoms with van der Waals surface area (Å²) in [7, 11) is 0. The largest absolute Gasteiger partial charge is 0.443 e. The third-order valence-corrected chi connectivity index (χ3v) is 3.71. The van der Waals surface area contributed by atoms with E-state index < -0.39 is 5.60 Å². The van der Waals surface area contributed by atoms with Crippen LogP contribution >= 0.6 is 0 Å². The van der Waals surface area contributed by atoms with Gasteiger partial charge in [-0.15, -0.1) is 0 Å². The maximum Gasteiger partial charge on any atom is 0.425 e. The normalized spacial score (nSPS) is 28.9. The van der Waals surface area contributed by atoms with Crippen LogP contribution in [0.15, 0.2) is 0 Å². The number of carbonyl (C=O) groups is 1. The highest BCUT2D eigenvalue weighted by Crippen LogP contribution is 2.34. The standard InChI is InChI=1S/C13H25N3O2/c1-10(2)15-7-6-13(9-15)8-14-16(13)11(17)18-12(3,4)5/h10,14H,6-9H2,1-5H3. The molecule has 1 unspecified atom stereocenters. The minimum absolute atomic E-state index is 0.0490. The highest BCUT2D eigenvalue weighted by molar-refractivity contribution is 5.70. The number of nitrogens with zero attached hydrogens (tertiary/aromatic N) is 2. The van der Waals surface area contributed by atoms with Gasteiger partial charge in [-0.25, -0.2) is 15.2 Å². The molecule has 1 spiro atoms. The zero-order valence-corrected chi connectivity index (χ0v) is 12.1. The molecule has 0 radical (unpaired) electrons. The van der Waals surface area contributed by atoms with Crippen LogP contribution in [0.3, 0.4) is 0 Å². The minimum atomic E-state index is -0.439. The zero-order chi connectivity index (χ0) is 13.6. The van der Waals surface area contributed by atoms with Crippen molar-refractivity contribution in [3.8, 4) is 0 Å². The highest BCUT2D eigenvalue weighted by Gasteiger charge is 2.53. The van der Waals surface area contributed by atoms with Crippen LogP contribution in [0.4, 0.5) is 4.79 Å². The van der Waals surface area contributed by atoms with E-state index in [1.165, 1.54) is 0 Å². The summed E-state index contributed by atoms with van der Waals surface area (Å²) >= 11 is 0. The van der Waals surface area contributed by atoms with E-state index in [2.05, 4.69) is 24.2 Å². The average molecular weight is 255 g/mol. The molecule has 18 heavy (non-hydrogen) atoms. The molecule has 0 aromatic rings. The molecule has 2 aliphatic heterocycles. The number of likely N-dealkylation sites (tertiary alicyclic amines) is 1. The molecule has 5 nitrogen and oxygen atoms in total. The number of nitrogens with one attached hydrogen (secondary N) is 1. The Morgan fingerprint density at radius 1 is 1.39 bits per heavy atom. The summed E-state index contributed by atoms with van der Waals surface area (Å²) in [6.45, 7) is 12.9. The Kier molecular flexibility index (Phi) is 3.32. The number of ether oxygens (including phenoxy) is 1. The average Bonchev–Trinajstić information content (AvgIpc) is 2.58. The number of amides is 1. The first-order chi connectivity index (χ1) is 8.23. The Bertz CT molecular complexity index is 338. The molecule has 1 N–H and O–H groups in total. The lowest BCUT2D eigenvalue weighted by atomic mass is 9.94. The fourth-order valence-electron chi connectivity index (χ4n) is 2.60. The molecule has 0 aromatic carbocycles. The first kappa shape index (κ1) is 13.6. The first-order valence-corrected chi connectivity index (χ1v) is 6.74. The number of hydrazine groups is 1. The van der Waals surface area contributed by atoms with Crippen LogP contribution in [0.25, 0.3) is 0 Å². The third kappa shape index (κ3) is 2.47. The lowest BCUT2D eigenvalue weighted by Gasteiger charge is -2.50. The van der Waals surface area contributed by atoms with Crippen LogP contribution in [-0.4, -0.2) is 52.8 Å². The third-order valence-electron chi connectivity index (χ3n) is 3.71. The second-order valence-electron chi connectivity index (χ2n) is 6.69. The molecule has 2 aliphatic rings. The Balaban J connectivity index is 1.98. The smallest absolute Gasteiger partial charge is 0.425 e. The summed E-state index contributed by atoms with van der Waals surface area (Å²) in [5.41, 5.74) is 2.60. The molecule has 2 fully saturated rings. The highest BCUT2D eigenvalue weighted by atomic mass is 16.6. The lowest BCUT2D eigenvalue weighted by molar-refractivity contribution is -0.0717. The van der Waals surface area contributed by atoms with Crippen LogP contribution < -0.4 is 5.43 Å². The van der Waals surface area contributed by atoms with Crippen molar-refractivity contribution in [2.24, 2.45) is 0 Å². The van der Waals surface area contributed by atoms with Crippen molar-refractivity contribution in [2.45, 2.75) is 58.2 Å².